The molecule has 17 heavy (non-hydrogen) atoms. The summed E-state index contributed by atoms with van der Waals surface area (Å²) in [5.41, 5.74) is 2.57. The Kier molecular flexibility index (Phi) is 4.22. The zero-order valence-corrected chi connectivity index (χ0v) is 12.6. The van der Waals surface area contributed by atoms with Crippen LogP contribution < -0.4 is 4.52 Å². The maximum Gasteiger partial charge on any atom is 0.212 e. The van der Waals surface area contributed by atoms with Gasteiger partial charge in [-0.3, -0.25) is 0 Å². The molecule has 0 bridgehead atoms. The second-order valence-corrected chi connectivity index (χ2v) is 6.79. The van der Waals surface area contributed by atoms with Crippen molar-refractivity contribution in [2.45, 2.75) is 52.4 Å². The van der Waals surface area contributed by atoms with Crippen LogP contribution in [0.1, 0.15) is 52.7 Å². The van der Waals surface area contributed by atoms with E-state index in [9.17, 15) is 0 Å². The van der Waals surface area contributed by atoms with Crippen molar-refractivity contribution in [1.29, 1.82) is 0 Å². The predicted molar refractivity (Wildman–Crippen MR) is 75.0 cm³/mol. The van der Waals surface area contributed by atoms with Crippen LogP contribution in [0, 0.1) is 0 Å². The molecule has 1 atom stereocenters. The lowest BCUT2D eigenvalue weighted by Gasteiger charge is -2.26. The summed E-state index contributed by atoms with van der Waals surface area (Å²) in [6.07, 6.45) is 0. The van der Waals surface area contributed by atoms with Crippen LogP contribution >= 0.6 is 9.03 Å². The van der Waals surface area contributed by atoms with Crippen molar-refractivity contribution in [3.63, 3.8) is 0 Å². The third kappa shape index (κ3) is 3.69. The molecule has 96 valence electrons. The Labute approximate surface area is 106 Å². The first kappa shape index (κ1) is 14.5. The van der Waals surface area contributed by atoms with Gasteiger partial charge in [0.1, 0.15) is 5.75 Å². The predicted octanol–water partition coefficient (Wildman–Crippen LogP) is 4.16. The number of hydrogen-bond donors (Lipinski definition) is 1. The molecule has 1 unspecified atom stereocenters. The molecule has 0 aliphatic heterocycles. The summed E-state index contributed by atoms with van der Waals surface area (Å²) in [7, 11) is -0.506. The molecule has 0 saturated carbocycles. The lowest BCUT2D eigenvalue weighted by molar-refractivity contribution is 0.488. The Balaban J connectivity index is 3.30. The van der Waals surface area contributed by atoms with Gasteiger partial charge in [0.2, 0.25) is 9.03 Å². The quantitative estimate of drug-likeness (QED) is 0.803. The van der Waals surface area contributed by atoms with E-state index in [4.69, 9.17) is 9.42 Å². The highest BCUT2D eigenvalue weighted by Crippen LogP contribution is 2.36. The largest absolute Gasteiger partial charge is 0.450 e. The first-order valence-corrected chi connectivity index (χ1v) is 6.73. The maximum atomic E-state index is 8.94. The first-order valence-electron chi connectivity index (χ1n) is 5.87. The molecule has 0 saturated heterocycles. The Bertz CT molecular complexity index is 386. The Morgan fingerprint density at radius 2 is 1.59 bits per heavy atom. The third-order valence-electron chi connectivity index (χ3n) is 2.81. The highest BCUT2D eigenvalue weighted by Gasteiger charge is 2.22. The van der Waals surface area contributed by atoms with Gasteiger partial charge in [0.05, 0.1) is 0 Å². The molecule has 1 aromatic rings. The number of hydrogen-bond acceptors (Lipinski definition) is 2. The molecule has 3 heteroatoms. The van der Waals surface area contributed by atoms with E-state index in [2.05, 4.69) is 53.7 Å². The topological polar surface area (TPSA) is 29.5 Å². The molecule has 0 amide bonds. The van der Waals surface area contributed by atoms with Crippen molar-refractivity contribution in [3.05, 3.63) is 29.3 Å². The molecule has 1 aromatic carbocycles. The van der Waals surface area contributed by atoms with E-state index >= 15 is 0 Å². The lowest BCUT2D eigenvalue weighted by atomic mass is 9.80. The fourth-order valence-electron chi connectivity index (χ4n) is 1.72. The van der Waals surface area contributed by atoms with Crippen molar-refractivity contribution in [1.82, 2.24) is 0 Å². The van der Waals surface area contributed by atoms with Gasteiger partial charge < -0.3 is 9.42 Å². The van der Waals surface area contributed by atoms with Gasteiger partial charge in [-0.2, -0.15) is 0 Å². The molecule has 0 aliphatic carbocycles. The second-order valence-electron chi connectivity index (χ2n) is 6.40. The standard InChI is InChI=1S/C14H23O2P/c1-13(2,3)10-7-8-12(16-17-15)11(9-10)14(4,5)6/h7-9,15,17H,1-6H3. The van der Waals surface area contributed by atoms with E-state index in [0.717, 1.165) is 11.3 Å². The van der Waals surface area contributed by atoms with Crippen LogP contribution in [-0.4, -0.2) is 4.89 Å². The molecule has 2 nitrogen and oxygen atoms in total. The molecule has 0 fully saturated rings. The van der Waals surface area contributed by atoms with E-state index in [0.29, 0.717) is 0 Å². The molecule has 1 N–H and O–H groups in total. The summed E-state index contributed by atoms with van der Waals surface area (Å²) in [5, 5.41) is 0. The first-order chi connectivity index (χ1) is 7.66. The smallest absolute Gasteiger partial charge is 0.212 e. The van der Waals surface area contributed by atoms with E-state index < -0.39 is 9.03 Å². The monoisotopic (exact) mass is 254 g/mol. The Morgan fingerprint density at radius 3 is 2.00 bits per heavy atom. The van der Waals surface area contributed by atoms with Gasteiger partial charge >= 0.3 is 0 Å². The van der Waals surface area contributed by atoms with Crippen molar-refractivity contribution in [2.24, 2.45) is 0 Å². The van der Waals surface area contributed by atoms with Gasteiger partial charge in [0, 0.05) is 5.56 Å². The minimum absolute atomic E-state index is 0.0102. The molecule has 0 aliphatic rings. The fourth-order valence-corrected chi connectivity index (χ4v) is 2.00. The van der Waals surface area contributed by atoms with E-state index in [1.807, 2.05) is 6.07 Å². The molecule has 0 aromatic heterocycles. The minimum Gasteiger partial charge on any atom is -0.450 e. The van der Waals surface area contributed by atoms with Gasteiger partial charge in [0.25, 0.3) is 0 Å². The van der Waals surface area contributed by atoms with Gasteiger partial charge in [0.15, 0.2) is 0 Å². The van der Waals surface area contributed by atoms with E-state index in [1.165, 1.54) is 5.56 Å². The van der Waals surface area contributed by atoms with Gasteiger partial charge in [-0.15, -0.1) is 0 Å². The van der Waals surface area contributed by atoms with Crippen LogP contribution in [0.4, 0.5) is 0 Å². The van der Waals surface area contributed by atoms with Crippen LogP contribution in [0.2, 0.25) is 0 Å². The van der Waals surface area contributed by atoms with Crippen molar-refractivity contribution < 1.29 is 9.42 Å². The molecule has 0 spiro atoms. The van der Waals surface area contributed by atoms with Crippen LogP contribution in [0.25, 0.3) is 0 Å². The summed E-state index contributed by atoms with van der Waals surface area (Å²) in [6, 6.07) is 6.23. The van der Waals surface area contributed by atoms with Crippen molar-refractivity contribution in [2.75, 3.05) is 0 Å². The summed E-state index contributed by atoms with van der Waals surface area (Å²) < 4.78 is 5.31. The summed E-state index contributed by atoms with van der Waals surface area (Å²) in [5.74, 6) is 0.784. The van der Waals surface area contributed by atoms with Crippen LogP contribution in [0.5, 0.6) is 5.75 Å². The van der Waals surface area contributed by atoms with Gasteiger partial charge in [-0.25, -0.2) is 0 Å². The van der Waals surface area contributed by atoms with E-state index in [-0.39, 0.29) is 10.8 Å². The molecule has 1 rings (SSSR count). The molecule has 0 radical (unpaired) electrons. The summed E-state index contributed by atoms with van der Waals surface area (Å²) in [6.45, 7) is 13.1. The zero-order chi connectivity index (χ0) is 13.3. The van der Waals surface area contributed by atoms with Gasteiger partial charge in [-0.1, -0.05) is 53.7 Å². The second kappa shape index (κ2) is 4.96. The highest BCUT2D eigenvalue weighted by atomic mass is 31.1. The average molecular weight is 254 g/mol. The van der Waals surface area contributed by atoms with Crippen LogP contribution in [0.3, 0.4) is 0 Å². The molecular formula is C14H23O2P. The van der Waals surface area contributed by atoms with Crippen molar-refractivity contribution >= 4 is 9.03 Å². The van der Waals surface area contributed by atoms with Crippen LogP contribution in [0.15, 0.2) is 18.2 Å². The van der Waals surface area contributed by atoms with Gasteiger partial charge in [-0.05, 0) is 22.5 Å². The third-order valence-corrected chi connectivity index (χ3v) is 3.12. The maximum absolute atomic E-state index is 8.94. The SMILES string of the molecule is CC(C)(C)c1ccc(OPO)c(C(C)(C)C)c1. The number of rotatable bonds is 2. The molecule has 0 heterocycles. The van der Waals surface area contributed by atoms with Crippen LogP contribution in [-0.2, 0) is 10.8 Å². The summed E-state index contributed by atoms with van der Waals surface area (Å²) in [4.78, 5) is 8.94. The van der Waals surface area contributed by atoms with Crippen molar-refractivity contribution in [3.8, 4) is 5.75 Å². The highest BCUT2D eigenvalue weighted by molar-refractivity contribution is 7.25. The zero-order valence-electron chi connectivity index (χ0n) is 11.6. The molecular weight excluding hydrogens is 231 g/mol. The van der Waals surface area contributed by atoms with E-state index in [1.54, 1.807) is 0 Å². The lowest BCUT2D eigenvalue weighted by Crippen LogP contribution is -2.16. The minimum atomic E-state index is -0.506. The fraction of sp³-hybridized carbons (Fsp3) is 0.571. The normalized spacial score (nSPS) is 13.4. The average Bonchev–Trinajstić information content (AvgIpc) is 2.15. The summed E-state index contributed by atoms with van der Waals surface area (Å²) >= 11 is 0. The number of benzene rings is 1. The Hall–Kier alpha value is -0.590. The Morgan fingerprint density at radius 1 is 1.00 bits per heavy atom.